The standard InChI is InChI=1S/C11H25NOSSi/c1-8-14(4,5)12(10-11-13-3)15(6,7)9-2/h8-9H,1-2,10-11H2,3-7H3. The first-order chi connectivity index (χ1) is 6.81. The van der Waals surface area contributed by atoms with E-state index in [1.54, 1.807) is 7.11 Å². The molecule has 0 rings (SSSR count). The van der Waals surface area contributed by atoms with Crippen molar-refractivity contribution in [1.82, 2.24) is 3.97 Å². The molecule has 0 fully saturated rings. The molecule has 0 aliphatic rings. The number of methoxy groups -OCH3 is 1. The molecular weight excluding hydrogens is 222 g/mol. The van der Waals surface area contributed by atoms with Crippen molar-refractivity contribution in [2.24, 2.45) is 0 Å². The molecule has 0 bridgehead atoms. The SMILES string of the molecule is C=C[Si](C)(C)N(CCOC)S(C)(C)C=C. The Morgan fingerprint density at radius 3 is 2.20 bits per heavy atom. The number of hydrogen-bond acceptors (Lipinski definition) is 2. The molecule has 0 amide bonds. The van der Waals surface area contributed by atoms with E-state index in [2.05, 4.69) is 53.8 Å². The predicted octanol–water partition coefficient (Wildman–Crippen LogP) is 2.99. The highest BCUT2D eigenvalue weighted by molar-refractivity contribution is 8.33. The summed E-state index contributed by atoms with van der Waals surface area (Å²) in [6.07, 6.45) is 4.54. The van der Waals surface area contributed by atoms with Gasteiger partial charge < -0.3 is 4.74 Å². The van der Waals surface area contributed by atoms with Crippen LogP contribution in [0.3, 0.4) is 0 Å². The summed E-state index contributed by atoms with van der Waals surface area (Å²) in [5, 5.41) is 2.08. The maximum Gasteiger partial charge on any atom is 0.156 e. The Hall–Kier alpha value is -0.0331. The van der Waals surface area contributed by atoms with Crippen LogP contribution in [0.25, 0.3) is 0 Å². The monoisotopic (exact) mass is 247 g/mol. The van der Waals surface area contributed by atoms with Crippen molar-refractivity contribution in [3.05, 3.63) is 24.3 Å². The normalized spacial score (nSPS) is 14.0. The number of rotatable bonds is 7. The molecule has 0 aromatic carbocycles. The van der Waals surface area contributed by atoms with Crippen LogP contribution in [0.5, 0.6) is 0 Å². The molecule has 2 nitrogen and oxygen atoms in total. The first-order valence-corrected chi connectivity index (χ1v) is 10.6. The zero-order valence-electron chi connectivity index (χ0n) is 10.7. The van der Waals surface area contributed by atoms with Crippen LogP contribution in [0.4, 0.5) is 0 Å². The second-order valence-corrected chi connectivity index (χ2v) is 12.5. The average Bonchev–Trinajstić information content (AvgIpc) is 2.18. The largest absolute Gasteiger partial charge is 0.383 e. The molecule has 0 saturated heterocycles. The third-order valence-electron chi connectivity index (χ3n) is 2.62. The van der Waals surface area contributed by atoms with Gasteiger partial charge in [0.15, 0.2) is 8.24 Å². The summed E-state index contributed by atoms with van der Waals surface area (Å²) < 4.78 is 7.74. The van der Waals surface area contributed by atoms with Gasteiger partial charge in [0, 0.05) is 13.7 Å². The van der Waals surface area contributed by atoms with Crippen LogP contribution in [0.1, 0.15) is 0 Å². The lowest BCUT2D eigenvalue weighted by Crippen LogP contribution is -2.48. The first-order valence-electron chi connectivity index (χ1n) is 5.08. The van der Waals surface area contributed by atoms with E-state index in [0.29, 0.717) is 0 Å². The van der Waals surface area contributed by atoms with Gasteiger partial charge in [-0.15, -0.1) is 6.58 Å². The summed E-state index contributed by atoms with van der Waals surface area (Å²) in [4.78, 5) is 0. The molecule has 0 heterocycles. The van der Waals surface area contributed by atoms with Gasteiger partial charge in [-0.3, -0.25) is 3.97 Å². The van der Waals surface area contributed by atoms with Crippen LogP contribution >= 0.6 is 10.2 Å². The highest BCUT2D eigenvalue weighted by Crippen LogP contribution is 2.48. The van der Waals surface area contributed by atoms with E-state index in [9.17, 15) is 0 Å². The van der Waals surface area contributed by atoms with Crippen LogP contribution in [-0.2, 0) is 4.74 Å². The Kier molecular flexibility index (Phi) is 5.88. The van der Waals surface area contributed by atoms with Crippen molar-refractivity contribution in [3.8, 4) is 0 Å². The summed E-state index contributed by atoms with van der Waals surface area (Å²) in [5.74, 6) is 0. The molecule has 4 heteroatoms. The summed E-state index contributed by atoms with van der Waals surface area (Å²) in [5.41, 5.74) is 2.13. The Morgan fingerprint density at radius 1 is 1.33 bits per heavy atom. The van der Waals surface area contributed by atoms with Crippen molar-refractivity contribution < 1.29 is 4.74 Å². The maximum absolute atomic E-state index is 5.18. The molecule has 15 heavy (non-hydrogen) atoms. The van der Waals surface area contributed by atoms with Gasteiger partial charge in [-0.05, 0) is 17.9 Å². The quantitative estimate of drug-likeness (QED) is 0.641. The van der Waals surface area contributed by atoms with Crippen LogP contribution in [0.15, 0.2) is 24.3 Å². The molecule has 0 aliphatic heterocycles. The Bertz CT molecular complexity index is 209. The molecule has 0 saturated carbocycles. The van der Waals surface area contributed by atoms with Crippen molar-refractivity contribution in [2.75, 3.05) is 32.8 Å². The molecule has 0 spiro atoms. The van der Waals surface area contributed by atoms with Crippen LogP contribution in [-0.4, -0.2) is 45.0 Å². The van der Waals surface area contributed by atoms with E-state index in [1.165, 1.54) is 0 Å². The summed E-state index contributed by atoms with van der Waals surface area (Å²) in [6.45, 7) is 14.3. The molecular formula is C11H25NOSSi. The minimum Gasteiger partial charge on any atom is -0.383 e. The fourth-order valence-corrected chi connectivity index (χ4v) is 8.39. The molecule has 0 aromatic heterocycles. The second-order valence-electron chi connectivity index (χ2n) is 4.47. The molecule has 0 atom stereocenters. The van der Waals surface area contributed by atoms with Crippen molar-refractivity contribution in [2.45, 2.75) is 13.1 Å². The van der Waals surface area contributed by atoms with E-state index in [4.69, 9.17) is 4.74 Å². The van der Waals surface area contributed by atoms with Gasteiger partial charge in [0.1, 0.15) is 0 Å². The lowest BCUT2D eigenvalue weighted by Gasteiger charge is -2.48. The Morgan fingerprint density at radius 2 is 1.87 bits per heavy atom. The van der Waals surface area contributed by atoms with Crippen LogP contribution in [0, 0.1) is 0 Å². The minimum absolute atomic E-state index is 0.772. The van der Waals surface area contributed by atoms with E-state index < -0.39 is 18.4 Å². The highest BCUT2D eigenvalue weighted by Gasteiger charge is 2.32. The Balaban J connectivity index is 4.88. The first kappa shape index (κ1) is 15.0. The predicted molar refractivity (Wildman–Crippen MR) is 75.9 cm³/mol. The lowest BCUT2D eigenvalue weighted by molar-refractivity contribution is 0.193. The van der Waals surface area contributed by atoms with E-state index in [0.717, 1.165) is 13.2 Å². The zero-order valence-corrected chi connectivity index (χ0v) is 12.6. The Labute approximate surface area is 97.5 Å². The summed E-state index contributed by atoms with van der Waals surface area (Å²) in [7, 11) is -0.665. The second kappa shape index (κ2) is 5.89. The third-order valence-corrected chi connectivity index (χ3v) is 10.1. The topological polar surface area (TPSA) is 12.5 Å². The maximum atomic E-state index is 5.18. The smallest absolute Gasteiger partial charge is 0.156 e. The fourth-order valence-electron chi connectivity index (χ4n) is 1.50. The summed E-state index contributed by atoms with van der Waals surface area (Å²) in [6, 6.07) is 0. The molecule has 0 aromatic rings. The van der Waals surface area contributed by atoms with Crippen LogP contribution in [0.2, 0.25) is 13.1 Å². The van der Waals surface area contributed by atoms with Gasteiger partial charge in [0.05, 0.1) is 6.61 Å². The number of ether oxygens (including phenoxy) is 1. The fraction of sp³-hybridized carbons (Fsp3) is 0.636. The minimum atomic E-state index is -1.52. The molecule has 90 valence electrons. The zero-order chi connectivity index (χ0) is 12.1. The van der Waals surface area contributed by atoms with E-state index in [1.807, 2.05) is 0 Å². The van der Waals surface area contributed by atoms with Gasteiger partial charge in [-0.25, -0.2) is 0 Å². The highest BCUT2D eigenvalue weighted by atomic mass is 32.3. The molecule has 0 radical (unpaired) electrons. The average molecular weight is 247 g/mol. The van der Waals surface area contributed by atoms with E-state index in [-0.39, 0.29) is 0 Å². The van der Waals surface area contributed by atoms with Gasteiger partial charge in [-0.2, -0.15) is 10.2 Å². The van der Waals surface area contributed by atoms with Gasteiger partial charge >= 0.3 is 0 Å². The van der Waals surface area contributed by atoms with Gasteiger partial charge in [0.25, 0.3) is 0 Å². The summed E-state index contributed by atoms with van der Waals surface area (Å²) >= 11 is 0. The van der Waals surface area contributed by atoms with E-state index >= 15 is 0 Å². The van der Waals surface area contributed by atoms with Crippen molar-refractivity contribution >= 4 is 18.4 Å². The van der Waals surface area contributed by atoms with Crippen LogP contribution < -0.4 is 0 Å². The third kappa shape index (κ3) is 4.15. The number of hydrogen-bond donors (Lipinski definition) is 0. The number of nitrogens with zero attached hydrogens (tertiary/aromatic N) is 1. The molecule has 0 aliphatic carbocycles. The van der Waals surface area contributed by atoms with Crippen molar-refractivity contribution in [3.63, 3.8) is 0 Å². The van der Waals surface area contributed by atoms with Gasteiger partial charge in [-0.1, -0.05) is 25.4 Å². The molecule has 0 N–H and O–H groups in total. The van der Waals surface area contributed by atoms with Crippen molar-refractivity contribution in [1.29, 1.82) is 0 Å². The lowest BCUT2D eigenvalue weighted by atomic mass is 10.7. The molecule has 0 unspecified atom stereocenters. The van der Waals surface area contributed by atoms with Gasteiger partial charge in [0.2, 0.25) is 0 Å².